The fourth-order valence-corrected chi connectivity index (χ4v) is 2.97. The van der Waals surface area contributed by atoms with E-state index in [0.29, 0.717) is 5.56 Å². The summed E-state index contributed by atoms with van der Waals surface area (Å²) in [4.78, 5) is 49.5. The molecule has 0 radical (unpaired) electrons. The van der Waals surface area contributed by atoms with Gasteiger partial charge in [-0.15, -0.1) is 0 Å². The molecule has 3 rings (SSSR count). The normalized spacial score (nSPS) is 14.4. The van der Waals surface area contributed by atoms with Crippen molar-refractivity contribution in [3.8, 4) is 0 Å². The van der Waals surface area contributed by atoms with E-state index in [2.05, 4.69) is 4.74 Å². The minimum Gasteiger partial charge on any atom is -0.468 e. The van der Waals surface area contributed by atoms with E-state index >= 15 is 0 Å². The second-order valence-electron chi connectivity index (χ2n) is 5.61. The number of rotatable bonds is 3. The third-order valence-electron chi connectivity index (χ3n) is 4.19. The van der Waals surface area contributed by atoms with Crippen molar-refractivity contribution in [3.05, 3.63) is 47.5 Å². The Hall–Kier alpha value is -3.02. The number of fused-ring (bicyclic) bond motifs is 3. The second-order valence-corrected chi connectivity index (χ2v) is 5.61. The largest absolute Gasteiger partial charge is 0.468 e. The van der Waals surface area contributed by atoms with Gasteiger partial charge in [0.25, 0.3) is 11.8 Å². The molecule has 6 nitrogen and oxygen atoms in total. The molecule has 2 aromatic rings. The molecule has 1 unspecified atom stereocenters. The summed E-state index contributed by atoms with van der Waals surface area (Å²) in [7, 11) is 1.10. The lowest BCUT2D eigenvalue weighted by Crippen LogP contribution is -2.43. The summed E-state index contributed by atoms with van der Waals surface area (Å²) in [6.07, 6.45) is 0. The van der Waals surface area contributed by atoms with Crippen molar-refractivity contribution in [2.24, 2.45) is 5.92 Å². The number of carbonyl (C=O) groups excluding carboxylic acids is 4. The smallest absolute Gasteiger partial charge is 0.325 e. The highest BCUT2D eigenvalue weighted by atomic mass is 16.5. The Kier molecular flexibility index (Phi) is 3.89. The Morgan fingerprint density at radius 2 is 1.83 bits per heavy atom. The van der Waals surface area contributed by atoms with Gasteiger partial charge < -0.3 is 4.74 Å². The molecule has 0 fully saturated rings. The Morgan fingerprint density at radius 1 is 1.12 bits per heavy atom. The average molecular weight is 325 g/mol. The number of carbonyl (C=O) groups is 4. The number of ether oxygens (including phenoxy) is 1. The van der Waals surface area contributed by atoms with Gasteiger partial charge in [0.15, 0.2) is 11.7 Å². The van der Waals surface area contributed by atoms with E-state index in [9.17, 15) is 19.2 Å². The number of methoxy groups -OCH3 is 1. The summed E-state index contributed by atoms with van der Waals surface area (Å²) >= 11 is 0. The molecule has 0 saturated carbocycles. The molecule has 0 aromatic heterocycles. The molecule has 0 spiro atoms. The summed E-state index contributed by atoms with van der Waals surface area (Å²) < 4.78 is 4.52. The van der Waals surface area contributed by atoms with Crippen LogP contribution in [0.2, 0.25) is 0 Å². The predicted octanol–water partition coefficient (Wildman–Crippen LogP) is 1.70. The van der Waals surface area contributed by atoms with E-state index in [1.807, 2.05) is 30.3 Å². The maximum Gasteiger partial charge on any atom is 0.325 e. The molecule has 0 aliphatic carbocycles. The molecule has 122 valence electrons. The summed E-state index contributed by atoms with van der Waals surface area (Å²) in [6, 6.07) is 11.0. The van der Waals surface area contributed by atoms with Crippen LogP contribution >= 0.6 is 0 Å². The quantitative estimate of drug-likeness (QED) is 0.634. The van der Waals surface area contributed by atoms with E-state index in [0.717, 1.165) is 35.3 Å². The number of esters is 1. The van der Waals surface area contributed by atoms with Crippen LogP contribution in [0.3, 0.4) is 0 Å². The number of hydrogen-bond acceptors (Lipinski definition) is 5. The molecule has 1 aliphatic heterocycles. The monoisotopic (exact) mass is 325 g/mol. The molecule has 0 saturated heterocycles. The Bertz CT molecular complexity index is 886. The van der Waals surface area contributed by atoms with Gasteiger partial charge in [-0.1, -0.05) is 30.3 Å². The summed E-state index contributed by atoms with van der Waals surface area (Å²) in [5.74, 6) is -4.57. The first kappa shape index (κ1) is 15.9. The molecule has 0 N–H and O–H groups in total. The number of Topliss-reactive ketones (excluding diaryl/α,β-unsaturated/α-hetero) is 1. The van der Waals surface area contributed by atoms with Crippen molar-refractivity contribution >= 4 is 34.3 Å². The zero-order valence-corrected chi connectivity index (χ0v) is 13.2. The highest BCUT2D eigenvalue weighted by Gasteiger charge is 2.41. The fraction of sp³-hybridized carbons (Fsp3) is 0.222. The SMILES string of the molecule is COC(=O)C(C(C)=O)C(=O)N1Cc2c(ccc3ccccc23)C1=O. The van der Waals surface area contributed by atoms with Crippen molar-refractivity contribution in [2.45, 2.75) is 13.5 Å². The molecule has 0 bridgehead atoms. The topological polar surface area (TPSA) is 80.8 Å². The number of benzene rings is 2. The van der Waals surface area contributed by atoms with Crippen molar-refractivity contribution in [3.63, 3.8) is 0 Å². The van der Waals surface area contributed by atoms with Crippen molar-refractivity contribution < 1.29 is 23.9 Å². The van der Waals surface area contributed by atoms with Crippen LogP contribution < -0.4 is 0 Å². The Labute approximate surface area is 138 Å². The van der Waals surface area contributed by atoms with Crippen LogP contribution in [0.15, 0.2) is 36.4 Å². The van der Waals surface area contributed by atoms with E-state index in [1.165, 1.54) is 0 Å². The maximum atomic E-state index is 12.6. The van der Waals surface area contributed by atoms with Crippen LogP contribution in [0.4, 0.5) is 0 Å². The standard InChI is InChI=1S/C18H15NO5/c1-10(20)15(18(23)24-2)17(22)19-9-14-12-6-4-3-5-11(12)7-8-13(14)16(19)21/h3-8,15H,9H2,1-2H3. The number of amides is 2. The lowest BCUT2D eigenvalue weighted by molar-refractivity contribution is -0.155. The lowest BCUT2D eigenvalue weighted by atomic mass is 10.0. The summed E-state index contributed by atoms with van der Waals surface area (Å²) in [5, 5.41) is 1.82. The molecule has 1 heterocycles. The van der Waals surface area contributed by atoms with E-state index < -0.39 is 29.5 Å². The molecular weight excluding hydrogens is 310 g/mol. The van der Waals surface area contributed by atoms with E-state index in [-0.39, 0.29) is 6.54 Å². The van der Waals surface area contributed by atoms with Gasteiger partial charge >= 0.3 is 5.97 Å². The Balaban J connectivity index is 2.01. The molecule has 6 heteroatoms. The molecule has 1 aliphatic rings. The van der Waals surface area contributed by atoms with Crippen LogP contribution in [0.1, 0.15) is 22.8 Å². The molecule has 2 aromatic carbocycles. The van der Waals surface area contributed by atoms with E-state index in [1.54, 1.807) is 6.07 Å². The van der Waals surface area contributed by atoms with Crippen molar-refractivity contribution in [2.75, 3.05) is 7.11 Å². The minimum absolute atomic E-state index is 0.0368. The number of ketones is 1. The highest BCUT2D eigenvalue weighted by Crippen LogP contribution is 2.31. The summed E-state index contributed by atoms with van der Waals surface area (Å²) in [5.41, 5.74) is 1.13. The summed E-state index contributed by atoms with van der Waals surface area (Å²) in [6.45, 7) is 1.16. The van der Waals surface area contributed by atoms with Gasteiger partial charge in [0.05, 0.1) is 13.7 Å². The molecule has 1 atom stereocenters. The van der Waals surface area contributed by atoms with Crippen LogP contribution in [-0.2, 0) is 25.7 Å². The molecule has 2 amide bonds. The first-order valence-electron chi connectivity index (χ1n) is 7.40. The Morgan fingerprint density at radius 3 is 2.50 bits per heavy atom. The zero-order valence-electron chi connectivity index (χ0n) is 13.2. The van der Waals surface area contributed by atoms with Crippen LogP contribution in [0.25, 0.3) is 10.8 Å². The first-order chi connectivity index (χ1) is 11.5. The van der Waals surface area contributed by atoms with Gasteiger partial charge in [0, 0.05) is 5.56 Å². The van der Waals surface area contributed by atoms with Gasteiger partial charge in [-0.05, 0) is 29.3 Å². The fourth-order valence-electron chi connectivity index (χ4n) is 2.97. The lowest BCUT2D eigenvalue weighted by Gasteiger charge is -2.18. The number of nitrogens with zero attached hydrogens (tertiary/aromatic N) is 1. The van der Waals surface area contributed by atoms with Gasteiger partial charge in [-0.2, -0.15) is 0 Å². The van der Waals surface area contributed by atoms with Gasteiger partial charge in [-0.3, -0.25) is 24.1 Å². The van der Waals surface area contributed by atoms with Gasteiger partial charge in [0.1, 0.15) is 0 Å². The third-order valence-corrected chi connectivity index (χ3v) is 4.19. The highest BCUT2D eigenvalue weighted by molar-refractivity contribution is 6.21. The van der Waals surface area contributed by atoms with Crippen molar-refractivity contribution in [1.82, 2.24) is 4.90 Å². The average Bonchev–Trinajstić information content (AvgIpc) is 2.91. The molecular formula is C18H15NO5. The van der Waals surface area contributed by atoms with Crippen molar-refractivity contribution in [1.29, 1.82) is 0 Å². The zero-order chi connectivity index (χ0) is 17.4. The number of hydrogen-bond donors (Lipinski definition) is 0. The maximum absolute atomic E-state index is 12.6. The van der Waals surface area contributed by atoms with Gasteiger partial charge in [0.2, 0.25) is 0 Å². The van der Waals surface area contributed by atoms with Gasteiger partial charge in [-0.25, -0.2) is 0 Å². The van der Waals surface area contributed by atoms with Crippen LogP contribution in [0, 0.1) is 5.92 Å². The minimum atomic E-state index is -1.61. The third kappa shape index (κ3) is 2.36. The predicted molar refractivity (Wildman–Crippen MR) is 85.0 cm³/mol. The van der Waals surface area contributed by atoms with Crippen LogP contribution in [0.5, 0.6) is 0 Å². The van der Waals surface area contributed by atoms with Crippen LogP contribution in [-0.4, -0.2) is 35.6 Å². The molecule has 24 heavy (non-hydrogen) atoms. The van der Waals surface area contributed by atoms with E-state index in [4.69, 9.17) is 0 Å². The second kappa shape index (κ2) is 5.88. The first-order valence-corrected chi connectivity index (χ1v) is 7.40. The number of imide groups is 1.